The lowest BCUT2D eigenvalue weighted by Gasteiger charge is -2.10. The van der Waals surface area contributed by atoms with Gasteiger partial charge in [0.2, 0.25) is 11.8 Å². The highest BCUT2D eigenvalue weighted by atomic mass is 19.1. The number of benzene rings is 1. The number of aromatic nitrogens is 1. The molecule has 3 N–H and O–H groups in total. The molecule has 1 unspecified atom stereocenters. The number of pyridine rings is 1. The third-order valence-corrected chi connectivity index (χ3v) is 4.06. The minimum Gasteiger partial charge on any atom is -0.473 e. The van der Waals surface area contributed by atoms with Gasteiger partial charge in [0.25, 0.3) is 5.91 Å². The summed E-state index contributed by atoms with van der Waals surface area (Å²) in [5.41, 5.74) is 6.22. The molecule has 0 saturated carbocycles. The SMILES string of the molecule is Cc1oc2cnc(OCc3ccccc3F)cc2c1C(=O)NC(C)C(N)=O. The number of rotatable bonds is 6. The van der Waals surface area contributed by atoms with Gasteiger partial charge in [0.15, 0.2) is 5.58 Å². The Morgan fingerprint density at radius 3 is 2.81 bits per heavy atom. The summed E-state index contributed by atoms with van der Waals surface area (Å²) >= 11 is 0. The van der Waals surface area contributed by atoms with Crippen molar-refractivity contribution in [2.24, 2.45) is 5.73 Å². The zero-order chi connectivity index (χ0) is 19.6. The van der Waals surface area contributed by atoms with E-state index >= 15 is 0 Å². The Morgan fingerprint density at radius 1 is 1.37 bits per heavy atom. The molecule has 0 bridgehead atoms. The highest BCUT2D eigenvalue weighted by Crippen LogP contribution is 2.28. The number of amides is 2. The molecule has 1 atom stereocenters. The Bertz CT molecular complexity index is 1020. The van der Waals surface area contributed by atoms with Crippen molar-refractivity contribution < 1.29 is 23.1 Å². The summed E-state index contributed by atoms with van der Waals surface area (Å²) < 4.78 is 24.8. The number of aryl methyl sites for hydroxylation is 1. The van der Waals surface area contributed by atoms with Crippen LogP contribution in [0.3, 0.4) is 0 Å². The van der Waals surface area contributed by atoms with E-state index in [0.29, 0.717) is 22.3 Å². The molecule has 0 spiro atoms. The fourth-order valence-electron chi connectivity index (χ4n) is 2.57. The molecule has 2 aromatic heterocycles. The largest absolute Gasteiger partial charge is 0.473 e. The topological polar surface area (TPSA) is 107 Å². The number of ether oxygens (including phenoxy) is 1. The van der Waals surface area contributed by atoms with Crippen LogP contribution in [0.25, 0.3) is 11.0 Å². The lowest BCUT2D eigenvalue weighted by molar-refractivity contribution is -0.119. The van der Waals surface area contributed by atoms with Crippen LogP contribution in [0, 0.1) is 12.7 Å². The highest BCUT2D eigenvalue weighted by molar-refractivity contribution is 6.08. The summed E-state index contributed by atoms with van der Waals surface area (Å²) in [5.74, 6) is -0.942. The normalized spacial score (nSPS) is 12.0. The third-order valence-electron chi connectivity index (χ3n) is 4.06. The number of hydrogen-bond acceptors (Lipinski definition) is 5. The summed E-state index contributed by atoms with van der Waals surface area (Å²) in [4.78, 5) is 27.8. The minimum absolute atomic E-state index is 0.0117. The highest BCUT2D eigenvalue weighted by Gasteiger charge is 2.22. The van der Waals surface area contributed by atoms with E-state index in [2.05, 4.69) is 10.3 Å². The number of nitrogens with two attached hydrogens (primary N) is 1. The number of hydrogen-bond donors (Lipinski definition) is 2. The number of carbonyl (C=O) groups is 2. The van der Waals surface area contributed by atoms with Gasteiger partial charge in [0.05, 0.1) is 11.8 Å². The second-order valence-corrected chi connectivity index (χ2v) is 6.03. The molecule has 2 heterocycles. The molecule has 8 heteroatoms. The van der Waals surface area contributed by atoms with Gasteiger partial charge in [-0.1, -0.05) is 18.2 Å². The van der Waals surface area contributed by atoms with E-state index in [0.717, 1.165) is 0 Å². The number of furan rings is 1. The van der Waals surface area contributed by atoms with Gasteiger partial charge in [-0.2, -0.15) is 0 Å². The van der Waals surface area contributed by atoms with Crippen molar-refractivity contribution in [2.75, 3.05) is 0 Å². The second-order valence-electron chi connectivity index (χ2n) is 6.03. The standard InChI is InChI=1S/C19H18FN3O4/c1-10(18(21)24)23-19(25)17-11(2)27-15-8-22-16(7-13(15)17)26-9-12-5-3-4-6-14(12)20/h3-8,10H,9H2,1-2H3,(H2,21,24)(H,23,25). The quantitative estimate of drug-likeness (QED) is 0.692. The number of carbonyl (C=O) groups excluding carboxylic acids is 2. The van der Waals surface area contributed by atoms with Gasteiger partial charge in [-0.05, 0) is 19.9 Å². The van der Waals surface area contributed by atoms with Crippen LogP contribution in [-0.4, -0.2) is 22.8 Å². The fraction of sp³-hybridized carbons (Fsp3) is 0.211. The molecule has 7 nitrogen and oxygen atoms in total. The maximum atomic E-state index is 13.7. The van der Waals surface area contributed by atoms with E-state index in [1.165, 1.54) is 25.3 Å². The first-order valence-corrected chi connectivity index (χ1v) is 8.22. The van der Waals surface area contributed by atoms with Crippen LogP contribution in [0.2, 0.25) is 0 Å². The van der Waals surface area contributed by atoms with Gasteiger partial charge in [-0.25, -0.2) is 9.37 Å². The third kappa shape index (κ3) is 3.89. The van der Waals surface area contributed by atoms with Crippen LogP contribution in [0.15, 0.2) is 40.9 Å². The van der Waals surface area contributed by atoms with Crippen LogP contribution in [0.4, 0.5) is 4.39 Å². The monoisotopic (exact) mass is 371 g/mol. The van der Waals surface area contributed by atoms with Gasteiger partial charge in [0, 0.05) is 17.0 Å². The summed E-state index contributed by atoms with van der Waals surface area (Å²) in [6.07, 6.45) is 1.42. The summed E-state index contributed by atoms with van der Waals surface area (Å²) in [6, 6.07) is 6.96. The lowest BCUT2D eigenvalue weighted by atomic mass is 10.1. The average molecular weight is 371 g/mol. The number of halogens is 1. The molecule has 0 fully saturated rings. The van der Waals surface area contributed by atoms with Crippen molar-refractivity contribution >= 4 is 22.8 Å². The van der Waals surface area contributed by atoms with Crippen molar-refractivity contribution in [3.05, 3.63) is 59.2 Å². The minimum atomic E-state index is -0.833. The summed E-state index contributed by atoms with van der Waals surface area (Å²) in [7, 11) is 0. The van der Waals surface area contributed by atoms with Gasteiger partial charge >= 0.3 is 0 Å². The summed E-state index contributed by atoms with van der Waals surface area (Å²) in [5, 5.41) is 2.99. The van der Waals surface area contributed by atoms with E-state index in [9.17, 15) is 14.0 Å². The Morgan fingerprint density at radius 2 is 2.11 bits per heavy atom. The van der Waals surface area contributed by atoms with Crippen LogP contribution in [0.5, 0.6) is 5.88 Å². The van der Waals surface area contributed by atoms with E-state index in [1.54, 1.807) is 25.1 Å². The second kappa shape index (κ2) is 7.45. The molecule has 0 aliphatic carbocycles. The molecule has 2 amide bonds. The molecule has 27 heavy (non-hydrogen) atoms. The molecule has 0 aliphatic rings. The molecule has 140 valence electrons. The maximum absolute atomic E-state index is 13.7. The number of fused-ring (bicyclic) bond motifs is 1. The smallest absolute Gasteiger partial charge is 0.256 e. The Kier molecular flexibility index (Phi) is 5.07. The van der Waals surface area contributed by atoms with E-state index in [1.807, 2.05) is 0 Å². The summed E-state index contributed by atoms with van der Waals surface area (Å²) in [6.45, 7) is 3.11. The van der Waals surface area contributed by atoms with E-state index < -0.39 is 17.9 Å². The van der Waals surface area contributed by atoms with Crippen LogP contribution in [0.1, 0.15) is 28.6 Å². The van der Waals surface area contributed by atoms with Crippen molar-refractivity contribution in [1.29, 1.82) is 0 Å². The first-order chi connectivity index (χ1) is 12.9. The molecular weight excluding hydrogens is 353 g/mol. The number of nitrogens with zero attached hydrogens (tertiary/aromatic N) is 1. The van der Waals surface area contributed by atoms with Crippen molar-refractivity contribution in [2.45, 2.75) is 26.5 Å². The Balaban J connectivity index is 1.87. The van der Waals surface area contributed by atoms with Gasteiger partial charge in [0.1, 0.15) is 24.2 Å². The van der Waals surface area contributed by atoms with Gasteiger partial charge in [-0.15, -0.1) is 0 Å². The molecule has 3 aromatic rings. The molecule has 0 saturated heterocycles. The van der Waals surface area contributed by atoms with E-state index in [-0.39, 0.29) is 23.9 Å². The fourth-order valence-corrected chi connectivity index (χ4v) is 2.57. The molecular formula is C19H18FN3O4. The molecule has 0 radical (unpaired) electrons. The predicted octanol–water partition coefficient (Wildman–Crippen LogP) is 2.46. The van der Waals surface area contributed by atoms with Crippen molar-refractivity contribution in [1.82, 2.24) is 10.3 Å². The first-order valence-electron chi connectivity index (χ1n) is 8.22. The molecule has 1 aromatic carbocycles. The predicted molar refractivity (Wildman–Crippen MR) is 95.6 cm³/mol. The number of nitrogens with one attached hydrogen (secondary N) is 1. The maximum Gasteiger partial charge on any atom is 0.256 e. The zero-order valence-corrected chi connectivity index (χ0v) is 14.8. The van der Waals surface area contributed by atoms with Crippen molar-refractivity contribution in [3.63, 3.8) is 0 Å². The molecule has 3 rings (SSSR count). The number of primary amides is 1. The average Bonchev–Trinajstić information content (AvgIpc) is 2.96. The van der Waals surface area contributed by atoms with E-state index in [4.69, 9.17) is 14.9 Å². The first kappa shape index (κ1) is 18.4. The van der Waals surface area contributed by atoms with Gasteiger partial charge < -0.3 is 20.2 Å². The Hall–Kier alpha value is -3.42. The van der Waals surface area contributed by atoms with Crippen molar-refractivity contribution in [3.8, 4) is 5.88 Å². The van der Waals surface area contributed by atoms with Crippen LogP contribution < -0.4 is 15.8 Å². The lowest BCUT2D eigenvalue weighted by Crippen LogP contribution is -2.42. The Labute approximate surface area is 154 Å². The van der Waals surface area contributed by atoms with Crippen LogP contribution >= 0.6 is 0 Å². The van der Waals surface area contributed by atoms with Crippen LogP contribution in [-0.2, 0) is 11.4 Å². The zero-order valence-electron chi connectivity index (χ0n) is 14.8. The molecule has 0 aliphatic heterocycles. The van der Waals surface area contributed by atoms with Gasteiger partial charge in [-0.3, -0.25) is 9.59 Å².